The molecule has 3 aromatic rings. The minimum atomic E-state index is -1.04. The van der Waals surface area contributed by atoms with Gasteiger partial charge in [0.25, 0.3) is 0 Å². The fraction of sp³-hybridized carbons (Fsp3) is 0.300. The Morgan fingerprint density at radius 3 is 2.10 bits per heavy atom. The standard InChI is InChI=1S/C20H24Si/c1-15(14-21(2,3)4)19-11-7-10-18-12-16-8-5-6-9-17(16)13-20(18)19/h5-13,15H,14H2,1-4H3. The molecule has 3 aromatic carbocycles. The van der Waals surface area contributed by atoms with E-state index in [0.717, 1.165) is 0 Å². The molecule has 1 unspecified atom stereocenters. The highest BCUT2D eigenvalue weighted by Gasteiger charge is 2.19. The van der Waals surface area contributed by atoms with Crippen LogP contribution in [-0.2, 0) is 0 Å². The van der Waals surface area contributed by atoms with Gasteiger partial charge in [-0.2, -0.15) is 0 Å². The molecule has 0 aliphatic rings. The maximum Gasteiger partial charge on any atom is 0.0448 e. The Morgan fingerprint density at radius 2 is 1.43 bits per heavy atom. The highest BCUT2D eigenvalue weighted by Crippen LogP contribution is 2.33. The van der Waals surface area contributed by atoms with E-state index < -0.39 is 8.07 Å². The largest absolute Gasteiger partial charge is 0.0695 e. The molecule has 0 saturated heterocycles. The van der Waals surface area contributed by atoms with Crippen LogP contribution in [0.1, 0.15) is 18.4 Å². The van der Waals surface area contributed by atoms with E-state index in [1.807, 2.05) is 0 Å². The summed E-state index contributed by atoms with van der Waals surface area (Å²) < 4.78 is 0. The van der Waals surface area contributed by atoms with E-state index in [1.165, 1.54) is 33.2 Å². The molecule has 0 heterocycles. The maximum absolute atomic E-state index is 2.46. The molecule has 1 heteroatoms. The molecule has 21 heavy (non-hydrogen) atoms. The molecule has 0 spiro atoms. The minimum Gasteiger partial charge on any atom is -0.0695 e. The predicted octanol–water partition coefficient (Wildman–Crippen LogP) is 6.43. The highest BCUT2D eigenvalue weighted by atomic mass is 28.3. The number of hydrogen-bond donors (Lipinski definition) is 0. The molecule has 0 aliphatic heterocycles. The summed E-state index contributed by atoms with van der Waals surface area (Å²) in [6.07, 6.45) is 0. The van der Waals surface area contributed by atoms with Crippen LogP contribution in [0, 0.1) is 0 Å². The molecule has 0 bridgehead atoms. The third-order valence-corrected chi connectivity index (χ3v) is 6.07. The van der Waals surface area contributed by atoms with Gasteiger partial charge in [-0.15, -0.1) is 0 Å². The van der Waals surface area contributed by atoms with Crippen molar-refractivity contribution in [3.8, 4) is 0 Å². The van der Waals surface area contributed by atoms with Crippen molar-refractivity contribution in [1.82, 2.24) is 0 Å². The first-order valence-corrected chi connectivity index (χ1v) is 11.6. The van der Waals surface area contributed by atoms with Crippen LogP contribution in [-0.4, -0.2) is 8.07 Å². The quantitative estimate of drug-likeness (QED) is 0.385. The first-order chi connectivity index (χ1) is 9.94. The number of benzene rings is 3. The highest BCUT2D eigenvalue weighted by molar-refractivity contribution is 6.76. The molecule has 0 amide bonds. The van der Waals surface area contributed by atoms with E-state index in [9.17, 15) is 0 Å². The molecular weight excluding hydrogens is 268 g/mol. The van der Waals surface area contributed by atoms with Crippen molar-refractivity contribution in [1.29, 1.82) is 0 Å². The normalized spacial score (nSPS) is 13.7. The second-order valence-corrected chi connectivity index (χ2v) is 13.0. The number of hydrogen-bond acceptors (Lipinski definition) is 0. The second-order valence-electron chi connectivity index (χ2n) is 7.43. The smallest absolute Gasteiger partial charge is 0.0448 e. The summed E-state index contributed by atoms with van der Waals surface area (Å²) in [4.78, 5) is 0. The van der Waals surface area contributed by atoms with Crippen LogP contribution >= 0.6 is 0 Å². The van der Waals surface area contributed by atoms with Gasteiger partial charge in [0.1, 0.15) is 0 Å². The Hall–Kier alpha value is -1.60. The van der Waals surface area contributed by atoms with Gasteiger partial charge in [-0.1, -0.05) is 75.1 Å². The monoisotopic (exact) mass is 292 g/mol. The van der Waals surface area contributed by atoms with Crippen LogP contribution < -0.4 is 0 Å². The predicted molar refractivity (Wildman–Crippen MR) is 98.0 cm³/mol. The summed E-state index contributed by atoms with van der Waals surface area (Å²) in [6, 6.07) is 21.5. The number of rotatable bonds is 3. The molecule has 3 rings (SSSR count). The average molecular weight is 292 g/mol. The van der Waals surface area contributed by atoms with E-state index in [1.54, 1.807) is 0 Å². The van der Waals surface area contributed by atoms with Crippen molar-refractivity contribution >= 4 is 29.6 Å². The Balaban J connectivity index is 2.16. The Labute approximate surface area is 128 Å². The lowest BCUT2D eigenvalue weighted by Gasteiger charge is -2.23. The van der Waals surface area contributed by atoms with Gasteiger partial charge in [-0.25, -0.2) is 0 Å². The Kier molecular flexibility index (Phi) is 3.62. The van der Waals surface area contributed by atoms with Crippen molar-refractivity contribution < 1.29 is 0 Å². The lowest BCUT2D eigenvalue weighted by atomic mass is 9.94. The third-order valence-electron chi connectivity index (χ3n) is 4.23. The zero-order chi connectivity index (χ0) is 15.0. The lowest BCUT2D eigenvalue weighted by molar-refractivity contribution is 0.854. The van der Waals surface area contributed by atoms with Crippen LogP contribution in [0.15, 0.2) is 54.6 Å². The molecule has 108 valence electrons. The molecule has 0 aromatic heterocycles. The number of fused-ring (bicyclic) bond motifs is 2. The first kappa shape index (κ1) is 14.3. The summed E-state index contributed by atoms with van der Waals surface area (Å²) in [5.74, 6) is 0.640. The van der Waals surface area contributed by atoms with Gasteiger partial charge in [0.05, 0.1) is 0 Å². The zero-order valence-electron chi connectivity index (χ0n) is 13.5. The lowest BCUT2D eigenvalue weighted by Crippen LogP contribution is -2.21. The Morgan fingerprint density at radius 1 is 0.810 bits per heavy atom. The first-order valence-electron chi connectivity index (χ1n) is 7.85. The van der Waals surface area contributed by atoms with Crippen molar-refractivity contribution in [3.05, 3.63) is 60.2 Å². The van der Waals surface area contributed by atoms with Gasteiger partial charge >= 0.3 is 0 Å². The zero-order valence-corrected chi connectivity index (χ0v) is 14.5. The SMILES string of the molecule is CC(C[Si](C)(C)C)c1cccc2cc3ccccc3cc12. The molecule has 0 nitrogen and oxygen atoms in total. The van der Waals surface area contributed by atoms with E-state index in [2.05, 4.69) is 81.2 Å². The summed E-state index contributed by atoms with van der Waals surface area (Å²) in [7, 11) is -1.04. The third kappa shape index (κ3) is 3.03. The van der Waals surface area contributed by atoms with Crippen LogP contribution in [0.2, 0.25) is 25.7 Å². The summed E-state index contributed by atoms with van der Waals surface area (Å²) in [5, 5.41) is 5.48. The fourth-order valence-electron chi connectivity index (χ4n) is 3.45. The van der Waals surface area contributed by atoms with Crippen LogP contribution in [0.5, 0.6) is 0 Å². The Bertz CT molecular complexity index is 781. The van der Waals surface area contributed by atoms with Crippen molar-refractivity contribution in [2.24, 2.45) is 0 Å². The van der Waals surface area contributed by atoms with Crippen molar-refractivity contribution in [3.63, 3.8) is 0 Å². The van der Waals surface area contributed by atoms with Gasteiger partial charge in [0.2, 0.25) is 0 Å². The van der Waals surface area contributed by atoms with E-state index in [4.69, 9.17) is 0 Å². The van der Waals surface area contributed by atoms with Gasteiger partial charge in [-0.05, 0) is 45.2 Å². The van der Waals surface area contributed by atoms with Crippen molar-refractivity contribution in [2.45, 2.75) is 38.5 Å². The maximum atomic E-state index is 2.46. The second kappa shape index (κ2) is 5.30. The van der Waals surface area contributed by atoms with E-state index in [0.29, 0.717) is 5.92 Å². The van der Waals surface area contributed by atoms with Crippen molar-refractivity contribution in [2.75, 3.05) is 0 Å². The van der Waals surface area contributed by atoms with Crippen LogP contribution in [0.25, 0.3) is 21.5 Å². The van der Waals surface area contributed by atoms with E-state index >= 15 is 0 Å². The molecular formula is C20H24Si. The van der Waals surface area contributed by atoms with Gasteiger partial charge in [-0.3, -0.25) is 0 Å². The molecule has 0 radical (unpaired) electrons. The summed E-state index contributed by atoms with van der Waals surface area (Å²) in [5.41, 5.74) is 1.51. The van der Waals surface area contributed by atoms with Crippen LogP contribution in [0.4, 0.5) is 0 Å². The fourth-order valence-corrected chi connectivity index (χ4v) is 5.51. The molecule has 0 N–H and O–H groups in total. The molecule has 1 atom stereocenters. The summed E-state index contributed by atoms with van der Waals surface area (Å²) >= 11 is 0. The minimum absolute atomic E-state index is 0.640. The van der Waals surface area contributed by atoms with Crippen LogP contribution in [0.3, 0.4) is 0 Å². The van der Waals surface area contributed by atoms with Gasteiger partial charge < -0.3 is 0 Å². The average Bonchev–Trinajstić information content (AvgIpc) is 2.42. The van der Waals surface area contributed by atoms with Gasteiger partial charge in [0.15, 0.2) is 0 Å². The topological polar surface area (TPSA) is 0 Å². The summed E-state index contributed by atoms with van der Waals surface area (Å²) in [6.45, 7) is 9.78. The molecule has 0 saturated carbocycles. The van der Waals surface area contributed by atoms with Gasteiger partial charge in [0, 0.05) is 8.07 Å². The molecule has 0 fully saturated rings. The van der Waals surface area contributed by atoms with E-state index in [-0.39, 0.29) is 0 Å². The molecule has 0 aliphatic carbocycles.